The number of pyridine rings is 2. The maximum Gasteiger partial charge on any atom is 0.146 e. The van der Waals surface area contributed by atoms with Crippen molar-refractivity contribution in [1.82, 2.24) is 9.97 Å². The van der Waals surface area contributed by atoms with E-state index < -0.39 is 0 Å². The summed E-state index contributed by atoms with van der Waals surface area (Å²) in [5.74, 6) is 2.00. The van der Waals surface area contributed by atoms with Crippen molar-refractivity contribution in [2.75, 3.05) is 17.7 Å². The van der Waals surface area contributed by atoms with Gasteiger partial charge in [-0.25, -0.2) is 14.4 Å². The molecule has 2 heterocycles. The minimum atomic E-state index is -0.240. The van der Waals surface area contributed by atoms with E-state index in [4.69, 9.17) is 9.72 Å². The maximum atomic E-state index is 13.4. The Morgan fingerprint density at radius 3 is 2.67 bits per heavy atom. The van der Waals surface area contributed by atoms with E-state index in [1.807, 2.05) is 30.3 Å². The highest BCUT2D eigenvalue weighted by molar-refractivity contribution is 5.71. The van der Waals surface area contributed by atoms with Gasteiger partial charge in [0.15, 0.2) is 0 Å². The molecule has 4 rings (SSSR count). The molecule has 1 aromatic carbocycles. The number of aromatic nitrogens is 2. The van der Waals surface area contributed by atoms with Gasteiger partial charge in [0.25, 0.3) is 0 Å². The van der Waals surface area contributed by atoms with Gasteiger partial charge in [0, 0.05) is 18.2 Å². The fourth-order valence-corrected chi connectivity index (χ4v) is 3.86. The fraction of sp³-hybridized carbons (Fsp3) is 0.333. The smallest absolute Gasteiger partial charge is 0.146 e. The normalized spacial score (nSPS) is 14.3. The molecule has 0 unspecified atom stereocenters. The van der Waals surface area contributed by atoms with Crippen LogP contribution >= 0.6 is 0 Å². The Balaban J connectivity index is 1.53. The minimum absolute atomic E-state index is 0.240. The molecule has 6 heteroatoms. The van der Waals surface area contributed by atoms with Crippen molar-refractivity contribution in [3.05, 3.63) is 66.1 Å². The van der Waals surface area contributed by atoms with Crippen molar-refractivity contribution in [2.24, 2.45) is 0 Å². The first-order chi connectivity index (χ1) is 14.7. The molecule has 0 bridgehead atoms. The van der Waals surface area contributed by atoms with E-state index in [2.05, 4.69) is 15.6 Å². The van der Waals surface area contributed by atoms with E-state index in [9.17, 15) is 4.39 Å². The number of methoxy groups -OCH3 is 1. The number of halogens is 1. The van der Waals surface area contributed by atoms with Gasteiger partial charge in [-0.05, 0) is 48.7 Å². The lowest BCUT2D eigenvalue weighted by molar-refractivity contribution is 0.414. The first-order valence-corrected chi connectivity index (χ1v) is 10.5. The lowest BCUT2D eigenvalue weighted by atomic mass is 9.95. The fourth-order valence-electron chi connectivity index (χ4n) is 3.86. The Morgan fingerprint density at radius 2 is 1.87 bits per heavy atom. The van der Waals surface area contributed by atoms with E-state index in [0.29, 0.717) is 18.3 Å². The Morgan fingerprint density at radius 1 is 1.03 bits per heavy atom. The summed E-state index contributed by atoms with van der Waals surface area (Å²) < 4.78 is 18.9. The summed E-state index contributed by atoms with van der Waals surface area (Å²) in [7, 11) is 1.64. The predicted molar refractivity (Wildman–Crippen MR) is 118 cm³/mol. The van der Waals surface area contributed by atoms with Crippen LogP contribution in [0, 0.1) is 5.82 Å². The third-order valence-electron chi connectivity index (χ3n) is 5.43. The zero-order chi connectivity index (χ0) is 20.8. The number of rotatable bonds is 7. The van der Waals surface area contributed by atoms with Gasteiger partial charge < -0.3 is 15.4 Å². The summed E-state index contributed by atoms with van der Waals surface area (Å²) in [6, 6.07) is 14.8. The molecule has 0 atom stereocenters. The van der Waals surface area contributed by atoms with Gasteiger partial charge in [-0.1, -0.05) is 37.5 Å². The van der Waals surface area contributed by atoms with Gasteiger partial charge in [-0.3, -0.25) is 0 Å². The average molecular weight is 407 g/mol. The molecule has 1 aliphatic rings. The van der Waals surface area contributed by atoms with Gasteiger partial charge in [-0.15, -0.1) is 0 Å². The molecule has 2 aromatic heterocycles. The van der Waals surface area contributed by atoms with Crippen LogP contribution < -0.4 is 15.4 Å². The van der Waals surface area contributed by atoms with E-state index in [1.54, 1.807) is 19.4 Å². The van der Waals surface area contributed by atoms with Gasteiger partial charge in [0.05, 0.1) is 19.0 Å². The maximum absolute atomic E-state index is 13.4. The lowest BCUT2D eigenvalue weighted by Crippen LogP contribution is -2.22. The number of nitrogens with one attached hydrogen (secondary N) is 2. The molecular formula is C24H27FN4O. The van der Waals surface area contributed by atoms with Crippen molar-refractivity contribution in [2.45, 2.75) is 44.7 Å². The molecule has 1 saturated carbocycles. The van der Waals surface area contributed by atoms with Gasteiger partial charge in [0.2, 0.25) is 0 Å². The molecule has 156 valence electrons. The molecule has 30 heavy (non-hydrogen) atoms. The monoisotopic (exact) mass is 406 g/mol. The van der Waals surface area contributed by atoms with Gasteiger partial charge in [0.1, 0.15) is 23.2 Å². The number of benzene rings is 1. The molecule has 0 spiro atoms. The Hall–Kier alpha value is -3.15. The zero-order valence-corrected chi connectivity index (χ0v) is 17.2. The number of anilines is 2. The number of ether oxygens (including phenoxy) is 1. The standard InChI is InChI=1S/C24H27FN4O/c1-30-22-16-27-24(28-19-9-3-2-4-10-19)14-20(22)21-11-6-12-23(29-21)26-15-17-7-5-8-18(25)13-17/h5-8,11-14,16,19H,2-4,9-10,15H2,1H3,(H,26,29)(H,27,28). The molecule has 0 saturated heterocycles. The quantitative estimate of drug-likeness (QED) is 0.531. The molecular weight excluding hydrogens is 379 g/mol. The highest BCUT2D eigenvalue weighted by atomic mass is 19.1. The summed E-state index contributed by atoms with van der Waals surface area (Å²) in [4.78, 5) is 9.26. The first-order valence-electron chi connectivity index (χ1n) is 10.5. The topological polar surface area (TPSA) is 59.1 Å². The molecule has 1 fully saturated rings. The van der Waals surface area contributed by atoms with Crippen LogP contribution in [0.1, 0.15) is 37.7 Å². The molecule has 0 radical (unpaired) electrons. The molecule has 0 aliphatic heterocycles. The van der Waals surface area contributed by atoms with Crippen molar-refractivity contribution >= 4 is 11.6 Å². The predicted octanol–water partition coefficient (Wildman–Crippen LogP) is 5.65. The summed E-state index contributed by atoms with van der Waals surface area (Å²) in [5, 5.41) is 6.83. The van der Waals surface area contributed by atoms with E-state index >= 15 is 0 Å². The third kappa shape index (κ3) is 5.06. The molecule has 5 nitrogen and oxygen atoms in total. The summed E-state index contributed by atoms with van der Waals surface area (Å²) in [5.41, 5.74) is 2.55. The largest absolute Gasteiger partial charge is 0.494 e. The van der Waals surface area contributed by atoms with E-state index in [1.165, 1.54) is 44.2 Å². The van der Waals surface area contributed by atoms with Crippen LogP contribution in [0.4, 0.5) is 16.0 Å². The van der Waals surface area contributed by atoms with Crippen LogP contribution in [-0.2, 0) is 6.54 Å². The second-order valence-corrected chi connectivity index (χ2v) is 7.64. The zero-order valence-electron chi connectivity index (χ0n) is 17.2. The van der Waals surface area contributed by atoms with Crippen molar-refractivity contribution in [1.29, 1.82) is 0 Å². The Kier molecular flexibility index (Phi) is 6.42. The second kappa shape index (κ2) is 9.57. The number of hydrogen-bond acceptors (Lipinski definition) is 5. The molecule has 2 N–H and O–H groups in total. The lowest BCUT2D eigenvalue weighted by Gasteiger charge is -2.23. The van der Waals surface area contributed by atoms with Crippen LogP contribution in [0.2, 0.25) is 0 Å². The van der Waals surface area contributed by atoms with Crippen molar-refractivity contribution in [3.8, 4) is 17.0 Å². The van der Waals surface area contributed by atoms with Crippen molar-refractivity contribution < 1.29 is 9.13 Å². The first kappa shape index (κ1) is 20.1. The minimum Gasteiger partial charge on any atom is -0.494 e. The third-order valence-corrected chi connectivity index (χ3v) is 5.43. The van der Waals surface area contributed by atoms with Crippen LogP contribution in [0.5, 0.6) is 5.75 Å². The SMILES string of the molecule is COc1cnc(NC2CCCCC2)cc1-c1cccc(NCc2cccc(F)c2)n1. The van der Waals surface area contributed by atoms with Crippen LogP contribution in [0.3, 0.4) is 0 Å². The molecule has 3 aromatic rings. The average Bonchev–Trinajstić information content (AvgIpc) is 2.79. The second-order valence-electron chi connectivity index (χ2n) is 7.64. The van der Waals surface area contributed by atoms with Gasteiger partial charge in [-0.2, -0.15) is 0 Å². The highest BCUT2D eigenvalue weighted by Gasteiger charge is 2.16. The molecule has 0 amide bonds. The van der Waals surface area contributed by atoms with E-state index in [-0.39, 0.29) is 5.82 Å². The number of hydrogen-bond donors (Lipinski definition) is 2. The van der Waals surface area contributed by atoms with Crippen LogP contribution in [-0.4, -0.2) is 23.1 Å². The van der Waals surface area contributed by atoms with E-state index in [0.717, 1.165) is 28.5 Å². The number of nitrogens with zero attached hydrogens (tertiary/aromatic N) is 2. The summed E-state index contributed by atoms with van der Waals surface area (Å²) in [6.07, 6.45) is 7.96. The Labute approximate surface area is 176 Å². The van der Waals surface area contributed by atoms with Crippen LogP contribution in [0.25, 0.3) is 11.3 Å². The highest BCUT2D eigenvalue weighted by Crippen LogP contribution is 2.31. The van der Waals surface area contributed by atoms with Crippen molar-refractivity contribution in [3.63, 3.8) is 0 Å². The van der Waals surface area contributed by atoms with Crippen LogP contribution in [0.15, 0.2) is 54.7 Å². The summed E-state index contributed by atoms with van der Waals surface area (Å²) in [6.45, 7) is 0.496. The Bertz CT molecular complexity index is 988. The summed E-state index contributed by atoms with van der Waals surface area (Å²) >= 11 is 0. The van der Waals surface area contributed by atoms with Gasteiger partial charge >= 0.3 is 0 Å². The molecule has 1 aliphatic carbocycles.